The van der Waals surface area contributed by atoms with Crippen LogP contribution in [0, 0.1) is 0 Å². The zero-order valence-electron chi connectivity index (χ0n) is 5.97. The predicted molar refractivity (Wildman–Crippen MR) is 38.8 cm³/mol. The van der Waals surface area contributed by atoms with Gasteiger partial charge < -0.3 is 10.5 Å². The van der Waals surface area contributed by atoms with E-state index in [9.17, 15) is 0 Å². The summed E-state index contributed by atoms with van der Waals surface area (Å²) in [5.74, 6) is 0. The number of nitrogens with zero attached hydrogens (tertiary/aromatic N) is 1. The van der Waals surface area contributed by atoms with Gasteiger partial charge in [-0.2, -0.15) is 0 Å². The van der Waals surface area contributed by atoms with Gasteiger partial charge in [-0.15, -0.1) is 0 Å². The molecular formula is C7H12N2O. The minimum absolute atomic E-state index is 0.0318. The molecule has 0 unspecified atom stereocenters. The lowest BCUT2D eigenvalue weighted by Gasteiger charge is -2.20. The topological polar surface area (TPSA) is 47.6 Å². The normalized spacial score (nSPS) is 28.6. The molecule has 0 bridgehead atoms. The van der Waals surface area contributed by atoms with E-state index in [-0.39, 0.29) is 5.60 Å². The van der Waals surface area contributed by atoms with Crippen LogP contribution in [0.2, 0.25) is 0 Å². The Morgan fingerprint density at radius 3 is 2.60 bits per heavy atom. The lowest BCUT2D eigenvalue weighted by molar-refractivity contribution is 0.0938. The fourth-order valence-electron chi connectivity index (χ4n) is 1.79. The minimum Gasteiger partial charge on any atom is -0.457 e. The molecule has 1 heterocycles. The summed E-state index contributed by atoms with van der Waals surface area (Å²) in [6, 6.07) is 0.391. The van der Waals surface area contributed by atoms with Crippen molar-refractivity contribution < 1.29 is 4.74 Å². The van der Waals surface area contributed by atoms with Crippen LogP contribution in [0.15, 0.2) is 4.99 Å². The number of hydrogen-bond acceptors (Lipinski definition) is 3. The van der Waals surface area contributed by atoms with E-state index < -0.39 is 0 Å². The minimum atomic E-state index is 0.0318. The van der Waals surface area contributed by atoms with Crippen molar-refractivity contribution in [2.45, 2.75) is 31.3 Å². The summed E-state index contributed by atoms with van der Waals surface area (Å²) in [7, 11) is 0. The molecule has 2 rings (SSSR count). The monoisotopic (exact) mass is 140 g/mol. The van der Waals surface area contributed by atoms with Gasteiger partial charge in [-0.05, 0) is 25.7 Å². The van der Waals surface area contributed by atoms with Crippen LogP contribution < -0.4 is 5.73 Å². The van der Waals surface area contributed by atoms with E-state index in [1.165, 1.54) is 12.8 Å². The predicted octanol–water partition coefficient (Wildman–Crippen LogP) is 0.644. The zero-order valence-corrected chi connectivity index (χ0v) is 5.97. The molecule has 3 heteroatoms. The molecular weight excluding hydrogens is 128 g/mol. The average molecular weight is 140 g/mol. The average Bonchev–Trinajstić information content (AvgIpc) is 2.46. The molecule has 1 aliphatic carbocycles. The molecule has 1 aliphatic heterocycles. The highest BCUT2D eigenvalue weighted by molar-refractivity contribution is 5.73. The third-order valence-corrected chi connectivity index (χ3v) is 2.36. The van der Waals surface area contributed by atoms with Crippen LogP contribution in [-0.4, -0.2) is 18.2 Å². The van der Waals surface area contributed by atoms with Gasteiger partial charge >= 0.3 is 0 Å². The first-order valence-corrected chi connectivity index (χ1v) is 3.80. The van der Waals surface area contributed by atoms with Gasteiger partial charge in [-0.1, -0.05) is 0 Å². The first kappa shape index (κ1) is 6.01. The highest BCUT2D eigenvalue weighted by Gasteiger charge is 2.39. The molecule has 1 spiro atoms. The van der Waals surface area contributed by atoms with E-state index in [0.29, 0.717) is 6.02 Å². The number of amidine groups is 1. The molecule has 0 atom stereocenters. The summed E-state index contributed by atoms with van der Waals surface area (Å²) in [6.45, 7) is 0.791. The van der Waals surface area contributed by atoms with Crippen molar-refractivity contribution in [2.24, 2.45) is 10.7 Å². The van der Waals surface area contributed by atoms with Crippen LogP contribution in [0.25, 0.3) is 0 Å². The van der Waals surface area contributed by atoms with Gasteiger partial charge in [-0.25, -0.2) is 4.99 Å². The lowest BCUT2D eigenvalue weighted by atomic mass is 10.0. The van der Waals surface area contributed by atoms with E-state index in [2.05, 4.69) is 4.99 Å². The maximum atomic E-state index is 5.44. The second-order valence-corrected chi connectivity index (χ2v) is 3.15. The summed E-state index contributed by atoms with van der Waals surface area (Å²) in [5.41, 5.74) is 5.45. The van der Waals surface area contributed by atoms with Crippen molar-refractivity contribution in [3.05, 3.63) is 0 Å². The summed E-state index contributed by atoms with van der Waals surface area (Å²) in [4.78, 5) is 4.04. The van der Waals surface area contributed by atoms with Gasteiger partial charge in [0.1, 0.15) is 5.60 Å². The van der Waals surface area contributed by atoms with Crippen LogP contribution in [0.4, 0.5) is 0 Å². The first-order chi connectivity index (χ1) is 4.81. The van der Waals surface area contributed by atoms with E-state index >= 15 is 0 Å². The molecule has 1 fully saturated rings. The Hall–Kier alpha value is -0.730. The molecule has 2 aliphatic rings. The molecule has 0 aromatic heterocycles. The van der Waals surface area contributed by atoms with Gasteiger partial charge in [0, 0.05) is 0 Å². The van der Waals surface area contributed by atoms with Crippen molar-refractivity contribution >= 4 is 6.02 Å². The van der Waals surface area contributed by atoms with Gasteiger partial charge in [0.25, 0.3) is 6.02 Å². The van der Waals surface area contributed by atoms with Crippen molar-refractivity contribution in [3.8, 4) is 0 Å². The zero-order chi connectivity index (χ0) is 7.03. The fourth-order valence-corrected chi connectivity index (χ4v) is 1.79. The largest absolute Gasteiger partial charge is 0.457 e. The van der Waals surface area contributed by atoms with E-state index in [1.807, 2.05) is 0 Å². The molecule has 0 saturated heterocycles. The standard InChI is InChI=1S/C7H12N2O/c8-6-9-5-7(10-6)3-1-2-4-7/h1-5H2,(H2,8,9). The van der Waals surface area contributed by atoms with Crippen LogP contribution in [0.5, 0.6) is 0 Å². The molecule has 10 heavy (non-hydrogen) atoms. The quantitative estimate of drug-likeness (QED) is 0.537. The summed E-state index contributed by atoms with van der Waals surface area (Å²) < 4.78 is 5.44. The Morgan fingerprint density at radius 2 is 2.10 bits per heavy atom. The molecule has 3 nitrogen and oxygen atoms in total. The van der Waals surface area contributed by atoms with Crippen LogP contribution in [-0.2, 0) is 4.74 Å². The van der Waals surface area contributed by atoms with Crippen molar-refractivity contribution in [1.82, 2.24) is 0 Å². The third kappa shape index (κ3) is 0.770. The number of rotatable bonds is 0. The molecule has 1 saturated carbocycles. The Kier molecular flexibility index (Phi) is 1.13. The molecule has 56 valence electrons. The fraction of sp³-hybridized carbons (Fsp3) is 0.857. The smallest absolute Gasteiger partial charge is 0.282 e. The Balaban J connectivity index is 2.07. The number of nitrogens with two attached hydrogens (primary N) is 1. The number of aliphatic imine (C=N–C) groups is 1. The number of hydrogen-bond donors (Lipinski definition) is 1. The van der Waals surface area contributed by atoms with Crippen molar-refractivity contribution in [3.63, 3.8) is 0 Å². The van der Waals surface area contributed by atoms with Gasteiger partial charge in [0.05, 0.1) is 6.54 Å². The van der Waals surface area contributed by atoms with Gasteiger partial charge in [0.15, 0.2) is 0 Å². The van der Waals surface area contributed by atoms with Crippen LogP contribution in [0.1, 0.15) is 25.7 Å². The van der Waals surface area contributed by atoms with Crippen LogP contribution in [0.3, 0.4) is 0 Å². The lowest BCUT2D eigenvalue weighted by Crippen LogP contribution is -2.31. The summed E-state index contributed by atoms with van der Waals surface area (Å²) >= 11 is 0. The second-order valence-electron chi connectivity index (χ2n) is 3.15. The van der Waals surface area contributed by atoms with Crippen molar-refractivity contribution in [2.75, 3.05) is 6.54 Å². The molecule has 2 N–H and O–H groups in total. The Morgan fingerprint density at radius 1 is 1.40 bits per heavy atom. The Labute approximate surface area is 60.3 Å². The second kappa shape index (κ2) is 1.87. The molecule has 0 radical (unpaired) electrons. The van der Waals surface area contributed by atoms with Crippen molar-refractivity contribution in [1.29, 1.82) is 0 Å². The molecule has 0 amide bonds. The Bertz CT molecular complexity index is 170. The third-order valence-electron chi connectivity index (χ3n) is 2.36. The van der Waals surface area contributed by atoms with Gasteiger partial charge in [0.2, 0.25) is 0 Å². The maximum Gasteiger partial charge on any atom is 0.282 e. The molecule has 0 aromatic rings. The molecule has 0 aromatic carbocycles. The summed E-state index contributed by atoms with van der Waals surface area (Å²) in [6.07, 6.45) is 4.81. The summed E-state index contributed by atoms with van der Waals surface area (Å²) in [5, 5.41) is 0. The highest BCUT2D eigenvalue weighted by atomic mass is 16.5. The van der Waals surface area contributed by atoms with E-state index in [1.54, 1.807) is 0 Å². The highest BCUT2D eigenvalue weighted by Crippen LogP contribution is 2.35. The first-order valence-electron chi connectivity index (χ1n) is 3.80. The van der Waals surface area contributed by atoms with Gasteiger partial charge in [-0.3, -0.25) is 0 Å². The van der Waals surface area contributed by atoms with E-state index in [0.717, 1.165) is 19.4 Å². The SMILES string of the molecule is NC1=NCC2(CCCC2)O1. The van der Waals surface area contributed by atoms with E-state index in [4.69, 9.17) is 10.5 Å². The maximum absolute atomic E-state index is 5.44. The van der Waals surface area contributed by atoms with Crippen LogP contribution >= 0.6 is 0 Å². The number of ether oxygens (including phenoxy) is 1.